The molecule has 0 unspecified atom stereocenters. The van der Waals surface area contributed by atoms with E-state index in [1.54, 1.807) is 26.2 Å². The summed E-state index contributed by atoms with van der Waals surface area (Å²) in [6.07, 6.45) is 2.65. The summed E-state index contributed by atoms with van der Waals surface area (Å²) in [5, 5.41) is 6.40. The van der Waals surface area contributed by atoms with Crippen molar-refractivity contribution in [2.75, 3.05) is 13.7 Å². The van der Waals surface area contributed by atoms with Crippen LogP contribution in [0.25, 0.3) is 0 Å². The van der Waals surface area contributed by atoms with Crippen LogP contribution in [0.3, 0.4) is 0 Å². The van der Waals surface area contributed by atoms with Crippen LogP contribution in [-0.2, 0) is 13.1 Å². The van der Waals surface area contributed by atoms with Crippen LogP contribution in [0.5, 0.6) is 5.88 Å². The summed E-state index contributed by atoms with van der Waals surface area (Å²) in [7, 11) is 1.70. The molecule has 0 aliphatic heterocycles. The van der Waals surface area contributed by atoms with Crippen molar-refractivity contribution < 1.29 is 9.13 Å². The van der Waals surface area contributed by atoms with Gasteiger partial charge in [0.05, 0.1) is 6.61 Å². The maximum absolute atomic E-state index is 13.6. The molecule has 0 fully saturated rings. The first-order valence-electron chi connectivity index (χ1n) is 8.40. The Labute approximate surface area is 148 Å². The van der Waals surface area contributed by atoms with E-state index in [9.17, 15) is 4.39 Å². The van der Waals surface area contributed by atoms with Gasteiger partial charge < -0.3 is 15.4 Å². The van der Waals surface area contributed by atoms with Gasteiger partial charge in [-0.2, -0.15) is 0 Å². The maximum Gasteiger partial charge on any atom is 0.218 e. The molecule has 6 heteroatoms. The van der Waals surface area contributed by atoms with E-state index < -0.39 is 0 Å². The van der Waals surface area contributed by atoms with Crippen molar-refractivity contribution in [1.82, 2.24) is 15.6 Å². The van der Waals surface area contributed by atoms with E-state index >= 15 is 0 Å². The molecule has 2 N–H and O–H groups in total. The standard InChI is InChI=1S/C19H25FN4O/c1-4-10-25-18-16(6-5-9-22-18)13-24-19(21-3)23-12-15-8-7-14(2)17(20)11-15/h5-9,11H,4,10,12-13H2,1-3H3,(H2,21,23,24). The van der Waals surface area contributed by atoms with Gasteiger partial charge in [0.1, 0.15) is 5.82 Å². The predicted molar refractivity (Wildman–Crippen MR) is 98.2 cm³/mol. The van der Waals surface area contributed by atoms with Gasteiger partial charge in [-0.15, -0.1) is 0 Å². The summed E-state index contributed by atoms with van der Waals surface area (Å²) in [6.45, 7) is 5.47. The van der Waals surface area contributed by atoms with Crippen LogP contribution in [0, 0.1) is 12.7 Å². The first-order valence-corrected chi connectivity index (χ1v) is 8.40. The lowest BCUT2D eigenvalue weighted by atomic mass is 10.1. The van der Waals surface area contributed by atoms with E-state index in [-0.39, 0.29) is 5.82 Å². The molecule has 134 valence electrons. The van der Waals surface area contributed by atoms with Crippen LogP contribution in [0.15, 0.2) is 41.5 Å². The molecule has 0 atom stereocenters. The molecule has 0 saturated carbocycles. The molecule has 0 amide bonds. The molecule has 0 spiro atoms. The number of hydrogen-bond donors (Lipinski definition) is 2. The second-order valence-electron chi connectivity index (χ2n) is 5.68. The van der Waals surface area contributed by atoms with Crippen molar-refractivity contribution >= 4 is 5.96 Å². The van der Waals surface area contributed by atoms with Gasteiger partial charge in [0.25, 0.3) is 0 Å². The number of guanidine groups is 1. The van der Waals surface area contributed by atoms with E-state index in [4.69, 9.17) is 4.74 Å². The lowest BCUT2D eigenvalue weighted by Gasteiger charge is -2.14. The number of aryl methyl sites for hydroxylation is 1. The molecule has 1 aromatic carbocycles. The molecule has 0 aliphatic rings. The first kappa shape index (κ1) is 18.7. The zero-order valence-corrected chi connectivity index (χ0v) is 15.0. The molecule has 0 saturated heterocycles. The fourth-order valence-electron chi connectivity index (χ4n) is 2.22. The predicted octanol–water partition coefficient (Wildman–Crippen LogP) is 3.18. The first-order chi connectivity index (χ1) is 12.1. The summed E-state index contributed by atoms with van der Waals surface area (Å²) in [4.78, 5) is 8.46. The number of benzene rings is 1. The number of rotatable bonds is 7. The third-order valence-corrected chi connectivity index (χ3v) is 3.66. The lowest BCUT2D eigenvalue weighted by molar-refractivity contribution is 0.301. The molecule has 0 bridgehead atoms. The molecule has 1 aromatic heterocycles. The summed E-state index contributed by atoms with van der Waals surface area (Å²) in [6, 6.07) is 9.05. The van der Waals surface area contributed by atoms with E-state index in [1.165, 1.54) is 6.07 Å². The fraction of sp³-hybridized carbons (Fsp3) is 0.368. The maximum atomic E-state index is 13.6. The highest BCUT2D eigenvalue weighted by atomic mass is 19.1. The van der Waals surface area contributed by atoms with Gasteiger partial charge in [-0.05, 0) is 36.6 Å². The van der Waals surface area contributed by atoms with Crippen molar-refractivity contribution in [3.05, 3.63) is 59.0 Å². The number of ether oxygens (including phenoxy) is 1. The van der Waals surface area contributed by atoms with Gasteiger partial charge in [0.2, 0.25) is 5.88 Å². The number of aromatic nitrogens is 1. The van der Waals surface area contributed by atoms with E-state index in [0.717, 1.165) is 17.5 Å². The highest BCUT2D eigenvalue weighted by Gasteiger charge is 2.06. The number of nitrogens with one attached hydrogen (secondary N) is 2. The Kier molecular flexibility index (Phi) is 7.19. The Morgan fingerprint density at radius 2 is 2.04 bits per heavy atom. The average molecular weight is 344 g/mol. The van der Waals surface area contributed by atoms with Crippen molar-refractivity contribution in [1.29, 1.82) is 0 Å². The molecule has 2 aromatic rings. The molecule has 0 radical (unpaired) electrons. The molecule has 25 heavy (non-hydrogen) atoms. The largest absolute Gasteiger partial charge is 0.477 e. The Balaban J connectivity index is 1.91. The molecule has 0 aliphatic carbocycles. The smallest absolute Gasteiger partial charge is 0.218 e. The second kappa shape index (κ2) is 9.61. The van der Waals surface area contributed by atoms with Crippen LogP contribution >= 0.6 is 0 Å². The number of pyridine rings is 1. The highest BCUT2D eigenvalue weighted by molar-refractivity contribution is 5.79. The van der Waals surface area contributed by atoms with Crippen LogP contribution in [0.4, 0.5) is 4.39 Å². The third-order valence-electron chi connectivity index (χ3n) is 3.66. The minimum absolute atomic E-state index is 0.199. The van der Waals surface area contributed by atoms with E-state index in [1.807, 2.05) is 18.2 Å². The summed E-state index contributed by atoms with van der Waals surface area (Å²) in [5.74, 6) is 1.06. The molecule has 1 heterocycles. The Morgan fingerprint density at radius 3 is 2.76 bits per heavy atom. The Morgan fingerprint density at radius 1 is 1.24 bits per heavy atom. The summed E-state index contributed by atoms with van der Waals surface area (Å²) >= 11 is 0. The normalized spacial score (nSPS) is 11.3. The minimum Gasteiger partial charge on any atom is -0.477 e. The van der Waals surface area contributed by atoms with Crippen LogP contribution in [0.2, 0.25) is 0 Å². The number of halogens is 1. The zero-order chi connectivity index (χ0) is 18.1. The quantitative estimate of drug-likeness (QED) is 0.598. The van der Waals surface area contributed by atoms with Crippen molar-refractivity contribution in [3.8, 4) is 5.88 Å². The zero-order valence-electron chi connectivity index (χ0n) is 15.0. The lowest BCUT2D eigenvalue weighted by Crippen LogP contribution is -2.36. The summed E-state index contributed by atoms with van der Waals surface area (Å²) in [5.41, 5.74) is 2.46. The molecular formula is C19H25FN4O. The number of aliphatic imine (C=N–C) groups is 1. The Bertz CT molecular complexity index is 718. The van der Waals surface area contributed by atoms with Gasteiger partial charge >= 0.3 is 0 Å². The minimum atomic E-state index is -0.199. The molecular weight excluding hydrogens is 319 g/mol. The molecule has 5 nitrogen and oxygen atoms in total. The van der Waals surface area contributed by atoms with Gasteiger partial charge in [-0.25, -0.2) is 9.37 Å². The van der Waals surface area contributed by atoms with Gasteiger partial charge in [0, 0.05) is 31.9 Å². The SMILES string of the molecule is CCCOc1ncccc1CNC(=NC)NCc1ccc(C)c(F)c1. The second-order valence-corrected chi connectivity index (χ2v) is 5.68. The van der Waals surface area contributed by atoms with Crippen LogP contribution < -0.4 is 15.4 Å². The number of nitrogens with zero attached hydrogens (tertiary/aromatic N) is 2. The third kappa shape index (κ3) is 5.74. The van der Waals surface area contributed by atoms with Gasteiger partial charge in [-0.1, -0.05) is 25.1 Å². The van der Waals surface area contributed by atoms with Crippen LogP contribution in [0.1, 0.15) is 30.0 Å². The fourth-order valence-corrected chi connectivity index (χ4v) is 2.22. The van der Waals surface area contributed by atoms with Gasteiger partial charge in [0.15, 0.2) is 5.96 Å². The number of hydrogen-bond acceptors (Lipinski definition) is 3. The van der Waals surface area contributed by atoms with Crippen molar-refractivity contribution in [2.24, 2.45) is 4.99 Å². The van der Waals surface area contributed by atoms with Gasteiger partial charge in [-0.3, -0.25) is 4.99 Å². The van der Waals surface area contributed by atoms with Crippen molar-refractivity contribution in [3.63, 3.8) is 0 Å². The average Bonchev–Trinajstić information content (AvgIpc) is 2.63. The summed E-state index contributed by atoms with van der Waals surface area (Å²) < 4.78 is 19.3. The van der Waals surface area contributed by atoms with Crippen molar-refractivity contribution in [2.45, 2.75) is 33.4 Å². The monoisotopic (exact) mass is 344 g/mol. The van der Waals surface area contributed by atoms with E-state index in [0.29, 0.717) is 37.1 Å². The van der Waals surface area contributed by atoms with Crippen LogP contribution in [-0.4, -0.2) is 24.6 Å². The topological polar surface area (TPSA) is 58.5 Å². The van der Waals surface area contributed by atoms with E-state index in [2.05, 4.69) is 27.5 Å². The molecule has 2 rings (SSSR count). The highest BCUT2D eigenvalue weighted by Crippen LogP contribution is 2.14. The Hall–Kier alpha value is -2.63.